The Morgan fingerprint density at radius 2 is 1.86 bits per heavy atom. The molecule has 0 aromatic carbocycles. The van der Waals surface area contributed by atoms with Gasteiger partial charge in [-0.05, 0) is 110 Å². The highest BCUT2D eigenvalue weighted by Gasteiger charge is 2.41. The van der Waals surface area contributed by atoms with Crippen LogP contribution in [0, 0.1) is 35.0 Å². The van der Waals surface area contributed by atoms with Crippen LogP contribution in [0.2, 0.25) is 0 Å². The van der Waals surface area contributed by atoms with Gasteiger partial charge in [-0.3, -0.25) is 4.79 Å². The number of aromatic nitrogens is 1. The minimum absolute atomic E-state index is 0.0180. The first kappa shape index (κ1) is 31.5. The predicted molar refractivity (Wildman–Crippen MR) is 169 cm³/mol. The van der Waals surface area contributed by atoms with Gasteiger partial charge in [-0.15, -0.1) is 11.3 Å². The average molecular weight is 605 g/mol. The van der Waals surface area contributed by atoms with Crippen LogP contribution < -0.4 is 14.7 Å². The van der Waals surface area contributed by atoms with Crippen LogP contribution in [0.4, 0.5) is 5.69 Å². The molecule has 2 saturated carbocycles. The molecule has 232 valence electrons. The predicted octanol–water partition coefficient (Wildman–Crippen LogP) is 5.78. The summed E-state index contributed by atoms with van der Waals surface area (Å²) in [6, 6.07) is 7.42. The molecule has 1 saturated heterocycles. The Kier molecular flexibility index (Phi) is 10.1. The van der Waals surface area contributed by atoms with E-state index in [9.17, 15) is 14.7 Å². The maximum absolute atomic E-state index is 14.5. The van der Waals surface area contributed by atoms with Crippen molar-refractivity contribution in [2.24, 2.45) is 23.2 Å². The maximum Gasteiger partial charge on any atom is 0.230 e. The topological polar surface area (TPSA) is 85.8 Å². The Balaban J connectivity index is 1.48. The molecule has 3 fully saturated rings. The Hall–Kier alpha value is -2.89. The molecule has 3 heterocycles. The van der Waals surface area contributed by atoms with Gasteiger partial charge in [0.1, 0.15) is 6.10 Å². The number of hydrogen-bond donors (Lipinski definition) is 0. The van der Waals surface area contributed by atoms with E-state index < -0.39 is 5.97 Å². The van der Waals surface area contributed by atoms with E-state index in [1.54, 1.807) is 6.20 Å². The number of aromatic carboxylic acids is 1. The Bertz CT molecular complexity index is 1310. The monoisotopic (exact) mass is 604 g/mol. The van der Waals surface area contributed by atoms with Gasteiger partial charge in [0.15, 0.2) is 0 Å². The van der Waals surface area contributed by atoms with Crippen LogP contribution in [0.5, 0.6) is 5.88 Å². The van der Waals surface area contributed by atoms with Gasteiger partial charge in [-0.2, -0.15) is 0 Å². The molecule has 3 aliphatic rings. The number of amides is 1. The van der Waals surface area contributed by atoms with E-state index in [-0.39, 0.29) is 40.2 Å². The van der Waals surface area contributed by atoms with Crippen molar-refractivity contribution in [3.8, 4) is 17.7 Å². The van der Waals surface area contributed by atoms with Crippen LogP contribution in [0.1, 0.15) is 100 Å². The summed E-state index contributed by atoms with van der Waals surface area (Å²) in [7, 11) is 0. The molecule has 2 unspecified atom stereocenters. The SMILES string of the molecule is CC1CCC(C(=O)N(c2cc(C#CC(C)(C)C)sc2C(=O)[O-])[C@@H]2CCC(Oc3ccccn3)C(CN3CCCC3)C2)CC1. The van der Waals surface area contributed by atoms with E-state index in [0.29, 0.717) is 22.4 Å². The normalized spacial score (nSPS) is 26.4. The lowest BCUT2D eigenvalue weighted by atomic mass is 9.79. The first-order valence-corrected chi connectivity index (χ1v) is 16.9. The number of carbonyl (C=O) groups is 2. The molecular weight excluding hydrogens is 558 g/mol. The molecular formula is C35H46N3O4S-. The van der Waals surface area contributed by atoms with Gasteiger partial charge in [0, 0.05) is 42.1 Å². The third-order valence-electron chi connectivity index (χ3n) is 9.17. The number of likely N-dealkylation sites (tertiary alicyclic amines) is 1. The van der Waals surface area contributed by atoms with Gasteiger partial charge in [0.05, 0.1) is 21.4 Å². The van der Waals surface area contributed by atoms with E-state index >= 15 is 0 Å². The van der Waals surface area contributed by atoms with Gasteiger partial charge >= 0.3 is 0 Å². The van der Waals surface area contributed by atoms with Crippen LogP contribution in [0.3, 0.4) is 0 Å². The lowest BCUT2D eigenvalue weighted by Crippen LogP contribution is -2.51. The fourth-order valence-electron chi connectivity index (χ4n) is 6.88. The van der Waals surface area contributed by atoms with Crippen molar-refractivity contribution in [3.63, 3.8) is 0 Å². The van der Waals surface area contributed by atoms with Crippen LogP contribution in [-0.4, -0.2) is 53.5 Å². The molecule has 2 aliphatic carbocycles. The van der Waals surface area contributed by atoms with Crippen molar-refractivity contribution in [2.75, 3.05) is 24.5 Å². The van der Waals surface area contributed by atoms with E-state index in [0.717, 1.165) is 75.9 Å². The number of rotatable bonds is 8. The summed E-state index contributed by atoms with van der Waals surface area (Å²) in [6.45, 7) is 11.4. The largest absolute Gasteiger partial charge is 0.544 e. The summed E-state index contributed by atoms with van der Waals surface area (Å²) in [5, 5.41) is 12.5. The summed E-state index contributed by atoms with van der Waals surface area (Å²) in [4.78, 5) is 36.5. The van der Waals surface area contributed by atoms with E-state index in [2.05, 4.69) is 28.6 Å². The second kappa shape index (κ2) is 13.8. The number of nitrogens with zero attached hydrogens (tertiary/aromatic N) is 3. The highest BCUT2D eigenvalue weighted by molar-refractivity contribution is 7.15. The zero-order chi connectivity index (χ0) is 30.6. The molecule has 3 atom stereocenters. The van der Waals surface area contributed by atoms with Crippen molar-refractivity contribution >= 4 is 28.9 Å². The van der Waals surface area contributed by atoms with Gasteiger partial charge in [-0.25, -0.2) is 4.98 Å². The number of carboxylic acid groups (broad SMARTS) is 1. The first-order chi connectivity index (χ1) is 20.6. The van der Waals surface area contributed by atoms with Gasteiger partial charge in [0.25, 0.3) is 0 Å². The molecule has 2 aromatic rings. The smallest absolute Gasteiger partial charge is 0.230 e. The Morgan fingerprint density at radius 1 is 1.12 bits per heavy atom. The second-order valence-electron chi connectivity index (χ2n) is 13.8. The van der Waals surface area contributed by atoms with Crippen molar-refractivity contribution in [1.82, 2.24) is 9.88 Å². The highest BCUT2D eigenvalue weighted by atomic mass is 32.1. The van der Waals surface area contributed by atoms with Crippen LogP contribution in [0.15, 0.2) is 30.5 Å². The Labute approximate surface area is 261 Å². The number of thiophene rings is 1. The van der Waals surface area contributed by atoms with Crippen LogP contribution >= 0.6 is 11.3 Å². The summed E-state index contributed by atoms with van der Waals surface area (Å²) < 4.78 is 6.47. The quantitative estimate of drug-likeness (QED) is 0.356. The first-order valence-electron chi connectivity index (χ1n) is 16.1. The second-order valence-corrected chi connectivity index (χ2v) is 14.9. The molecule has 0 N–H and O–H groups in total. The average Bonchev–Trinajstić information content (AvgIpc) is 3.64. The molecule has 2 aromatic heterocycles. The minimum Gasteiger partial charge on any atom is -0.544 e. The highest BCUT2D eigenvalue weighted by Crippen LogP contribution is 2.40. The van der Waals surface area contributed by atoms with Crippen molar-refractivity contribution < 1.29 is 19.4 Å². The number of carboxylic acids is 1. The molecule has 1 amide bonds. The zero-order valence-corrected chi connectivity index (χ0v) is 27.0. The van der Waals surface area contributed by atoms with Gasteiger partial charge < -0.3 is 24.4 Å². The van der Waals surface area contributed by atoms with Crippen molar-refractivity contribution in [3.05, 3.63) is 40.2 Å². The third-order valence-corrected chi connectivity index (χ3v) is 10.2. The van der Waals surface area contributed by atoms with E-state index in [1.807, 2.05) is 49.9 Å². The van der Waals surface area contributed by atoms with Crippen molar-refractivity contribution in [1.29, 1.82) is 0 Å². The van der Waals surface area contributed by atoms with Crippen molar-refractivity contribution in [2.45, 2.75) is 97.6 Å². The van der Waals surface area contributed by atoms with Crippen LogP contribution in [0.25, 0.3) is 0 Å². The van der Waals surface area contributed by atoms with Gasteiger partial charge in [-0.1, -0.05) is 24.8 Å². The lowest BCUT2D eigenvalue weighted by Gasteiger charge is -2.43. The molecule has 43 heavy (non-hydrogen) atoms. The molecule has 0 radical (unpaired) electrons. The fraction of sp³-hybridized carbons (Fsp3) is 0.629. The summed E-state index contributed by atoms with van der Waals surface area (Å²) in [5.74, 6) is 6.53. The van der Waals surface area contributed by atoms with E-state index in [1.165, 1.54) is 12.8 Å². The van der Waals surface area contributed by atoms with Gasteiger partial charge in [0.2, 0.25) is 11.8 Å². The number of ether oxygens (including phenoxy) is 1. The Morgan fingerprint density at radius 3 is 2.51 bits per heavy atom. The summed E-state index contributed by atoms with van der Waals surface area (Å²) in [5.41, 5.74) is 0.232. The van der Waals surface area contributed by atoms with E-state index in [4.69, 9.17) is 4.74 Å². The lowest BCUT2D eigenvalue weighted by molar-refractivity contribution is -0.254. The standard InChI is InChI=1S/C35H47N3O4S/c1-24-10-12-25(13-11-24)33(39)38(29-22-28(16-17-35(2,3)4)43-32(29)34(40)41)27-14-15-30(42-31-9-5-6-18-36-31)26(21-27)23-37-19-7-8-20-37/h5-6,9,18,22,24-27,30H,7-8,10-15,19-21,23H2,1-4H3,(H,40,41)/p-1/t24?,25?,26?,27-,30?/m1/s1. The third kappa shape index (κ3) is 8.19. The molecule has 1 aliphatic heterocycles. The fourth-order valence-corrected chi connectivity index (χ4v) is 7.72. The molecule has 7 nitrogen and oxygen atoms in total. The maximum atomic E-state index is 14.5. The summed E-state index contributed by atoms with van der Waals surface area (Å²) in [6.07, 6.45) is 10.1. The number of carbonyl (C=O) groups excluding carboxylic acids is 2. The molecule has 0 bridgehead atoms. The van der Waals surface area contributed by atoms with Crippen LogP contribution in [-0.2, 0) is 4.79 Å². The summed E-state index contributed by atoms with van der Waals surface area (Å²) >= 11 is 1.12. The number of hydrogen-bond acceptors (Lipinski definition) is 7. The molecule has 0 spiro atoms. The number of anilines is 1. The zero-order valence-electron chi connectivity index (χ0n) is 26.1. The minimum atomic E-state index is -1.25. The molecule has 5 rings (SSSR count). The molecule has 8 heteroatoms. The number of pyridine rings is 1.